The Labute approximate surface area is 115 Å². The zero-order chi connectivity index (χ0) is 12.8. The lowest BCUT2D eigenvalue weighted by Gasteiger charge is -2.10. The van der Waals surface area contributed by atoms with Crippen LogP contribution in [0, 0.1) is 10.5 Å². The van der Waals surface area contributed by atoms with Crippen LogP contribution in [0.4, 0.5) is 10.5 Å². The van der Waals surface area contributed by atoms with Gasteiger partial charge in [0.15, 0.2) is 0 Å². The SMILES string of the molecule is Cc1cc(I)ccc1NC(=O)NCCC(C)O. The van der Waals surface area contributed by atoms with E-state index in [1.165, 1.54) is 0 Å². The predicted octanol–water partition coefficient (Wildman–Crippen LogP) is 2.49. The molecular formula is C12H17IN2O2. The highest BCUT2D eigenvalue weighted by molar-refractivity contribution is 14.1. The van der Waals surface area contributed by atoms with Crippen LogP contribution in [-0.2, 0) is 0 Å². The van der Waals surface area contributed by atoms with Crippen molar-refractivity contribution >= 4 is 34.3 Å². The molecule has 0 fully saturated rings. The first-order chi connectivity index (χ1) is 7.99. The zero-order valence-corrected chi connectivity index (χ0v) is 12.1. The maximum Gasteiger partial charge on any atom is 0.319 e. The molecule has 0 aliphatic rings. The number of benzene rings is 1. The summed E-state index contributed by atoms with van der Waals surface area (Å²) < 4.78 is 1.14. The van der Waals surface area contributed by atoms with Crippen molar-refractivity contribution in [1.29, 1.82) is 0 Å². The van der Waals surface area contributed by atoms with Crippen LogP contribution >= 0.6 is 22.6 Å². The molecule has 0 aromatic heterocycles. The average Bonchev–Trinajstić information content (AvgIpc) is 2.21. The molecule has 0 radical (unpaired) electrons. The van der Waals surface area contributed by atoms with E-state index in [4.69, 9.17) is 5.11 Å². The third-order valence-corrected chi connectivity index (χ3v) is 2.96. The van der Waals surface area contributed by atoms with Gasteiger partial charge < -0.3 is 15.7 Å². The number of hydrogen-bond donors (Lipinski definition) is 3. The van der Waals surface area contributed by atoms with Crippen LogP contribution in [0.1, 0.15) is 18.9 Å². The Kier molecular flexibility index (Phi) is 5.70. The standard InChI is InChI=1S/C12H17IN2O2/c1-8-7-10(13)3-4-11(8)15-12(17)14-6-5-9(2)16/h3-4,7,9,16H,5-6H2,1-2H3,(H2,14,15,17). The average molecular weight is 348 g/mol. The van der Waals surface area contributed by atoms with Crippen LogP contribution < -0.4 is 10.6 Å². The van der Waals surface area contributed by atoms with Crippen LogP contribution in [0.2, 0.25) is 0 Å². The van der Waals surface area contributed by atoms with Crippen LogP contribution in [0.15, 0.2) is 18.2 Å². The van der Waals surface area contributed by atoms with Crippen molar-refractivity contribution in [2.75, 3.05) is 11.9 Å². The number of rotatable bonds is 4. The first-order valence-electron chi connectivity index (χ1n) is 5.48. The number of urea groups is 1. The van der Waals surface area contributed by atoms with Crippen LogP contribution in [0.3, 0.4) is 0 Å². The quantitative estimate of drug-likeness (QED) is 0.733. The molecule has 0 saturated carbocycles. The van der Waals surface area contributed by atoms with E-state index in [0.717, 1.165) is 14.8 Å². The fourth-order valence-electron chi connectivity index (χ4n) is 1.33. The Bertz CT molecular complexity index is 394. The van der Waals surface area contributed by atoms with Gasteiger partial charge in [-0.2, -0.15) is 0 Å². The number of anilines is 1. The number of aryl methyl sites for hydroxylation is 1. The smallest absolute Gasteiger partial charge is 0.319 e. The van der Waals surface area contributed by atoms with Crippen molar-refractivity contribution in [2.45, 2.75) is 26.4 Å². The zero-order valence-electron chi connectivity index (χ0n) is 9.96. The molecule has 0 aliphatic heterocycles. The molecule has 0 saturated heterocycles. The first kappa shape index (κ1) is 14.2. The maximum atomic E-state index is 11.5. The molecule has 0 bridgehead atoms. The lowest BCUT2D eigenvalue weighted by Crippen LogP contribution is -2.31. The second-order valence-corrected chi connectivity index (χ2v) is 5.22. The Morgan fingerprint density at radius 1 is 1.53 bits per heavy atom. The number of hydrogen-bond acceptors (Lipinski definition) is 2. The molecule has 94 valence electrons. The molecule has 1 rings (SSSR count). The fraction of sp³-hybridized carbons (Fsp3) is 0.417. The van der Waals surface area contributed by atoms with Gasteiger partial charge in [-0.05, 0) is 66.6 Å². The van der Waals surface area contributed by atoms with Crippen molar-refractivity contribution in [3.8, 4) is 0 Å². The molecule has 1 aromatic rings. The summed E-state index contributed by atoms with van der Waals surface area (Å²) in [6.45, 7) is 4.11. The van der Waals surface area contributed by atoms with Crippen LogP contribution in [0.5, 0.6) is 0 Å². The highest BCUT2D eigenvalue weighted by Crippen LogP contribution is 2.17. The molecular weight excluding hydrogens is 331 g/mol. The minimum absolute atomic E-state index is 0.241. The van der Waals surface area contributed by atoms with Gasteiger partial charge in [0.05, 0.1) is 6.10 Å². The lowest BCUT2D eigenvalue weighted by molar-refractivity contribution is 0.184. The highest BCUT2D eigenvalue weighted by atomic mass is 127. The summed E-state index contributed by atoms with van der Waals surface area (Å²) in [5, 5.41) is 14.5. The van der Waals surface area contributed by atoms with Crippen LogP contribution in [0.25, 0.3) is 0 Å². The number of aliphatic hydroxyl groups excluding tert-OH is 1. The van der Waals surface area contributed by atoms with Gasteiger partial charge in [-0.3, -0.25) is 0 Å². The van der Waals surface area contributed by atoms with Gasteiger partial charge in [-0.1, -0.05) is 0 Å². The third kappa shape index (κ3) is 5.36. The van der Waals surface area contributed by atoms with Gasteiger partial charge in [0, 0.05) is 15.8 Å². The molecule has 17 heavy (non-hydrogen) atoms. The van der Waals surface area contributed by atoms with Gasteiger partial charge in [0.25, 0.3) is 0 Å². The number of carbonyl (C=O) groups excluding carboxylic acids is 1. The van der Waals surface area contributed by atoms with E-state index in [1.54, 1.807) is 6.92 Å². The lowest BCUT2D eigenvalue weighted by atomic mass is 10.2. The minimum Gasteiger partial charge on any atom is -0.393 e. The van der Waals surface area contributed by atoms with E-state index >= 15 is 0 Å². The molecule has 1 atom stereocenters. The summed E-state index contributed by atoms with van der Waals surface area (Å²) in [5.41, 5.74) is 1.84. The van der Waals surface area contributed by atoms with E-state index in [2.05, 4.69) is 33.2 Å². The van der Waals surface area contributed by atoms with Gasteiger partial charge in [-0.25, -0.2) is 4.79 Å². The minimum atomic E-state index is -0.393. The molecule has 1 unspecified atom stereocenters. The number of amides is 2. The van der Waals surface area contributed by atoms with Crippen molar-refractivity contribution in [2.24, 2.45) is 0 Å². The van der Waals surface area contributed by atoms with E-state index in [0.29, 0.717) is 13.0 Å². The molecule has 4 nitrogen and oxygen atoms in total. The fourth-order valence-corrected chi connectivity index (χ4v) is 1.98. The topological polar surface area (TPSA) is 61.4 Å². The molecule has 3 N–H and O–H groups in total. The molecule has 0 aliphatic carbocycles. The second-order valence-electron chi connectivity index (χ2n) is 3.98. The largest absolute Gasteiger partial charge is 0.393 e. The molecule has 5 heteroatoms. The Morgan fingerprint density at radius 3 is 2.82 bits per heavy atom. The maximum absolute atomic E-state index is 11.5. The van der Waals surface area contributed by atoms with Gasteiger partial charge >= 0.3 is 6.03 Å². The van der Waals surface area contributed by atoms with E-state index < -0.39 is 6.10 Å². The third-order valence-electron chi connectivity index (χ3n) is 2.28. The van der Waals surface area contributed by atoms with Crippen molar-refractivity contribution < 1.29 is 9.90 Å². The van der Waals surface area contributed by atoms with Gasteiger partial charge in [0.2, 0.25) is 0 Å². The first-order valence-corrected chi connectivity index (χ1v) is 6.56. The monoisotopic (exact) mass is 348 g/mol. The molecule has 0 spiro atoms. The summed E-state index contributed by atoms with van der Waals surface area (Å²) in [6.07, 6.45) is 0.161. The van der Waals surface area contributed by atoms with E-state index in [9.17, 15) is 4.79 Å². The van der Waals surface area contributed by atoms with Crippen molar-refractivity contribution in [1.82, 2.24) is 5.32 Å². The summed E-state index contributed by atoms with van der Waals surface area (Å²) in [7, 11) is 0. The predicted molar refractivity (Wildman–Crippen MR) is 77.2 cm³/mol. The highest BCUT2D eigenvalue weighted by Gasteiger charge is 2.04. The number of nitrogens with one attached hydrogen (secondary N) is 2. The number of carbonyl (C=O) groups is 1. The van der Waals surface area contributed by atoms with E-state index in [1.807, 2.05) is 25.1 Å². The Morgan fingerprint density at radius 2 is 2.24 bits per heavy atom. The summed E-state index contributed by atoms with van der Waals surface area (Å²) in [5.74, 6) is 0. The molecule has 0 heterocycles. The second kappa shape index (κ2) is 6.80. The van der Waals surface area contributed by atoms with Crippen molar-refractivity contribution in [3.63, 3.8) is 0 Å². The summed E-state index contributed by atoms with van der Waals surface area (Å²) in [6, 6.07) is 5.59. The molecule has 1 aromatic carbocycles. The summed E-state index contributed by atoms with van der Waals surface area (Å²) >= 11 is 2.23. The Hall–Kier alpha value is -0.820. The normalized spacial score (nSPS) is 12.0. The summed E-state index contributed by atoms with van der Waals surface area (Å²) in [4.78, 5) is 11.5. The Balaban J connectivity index is 2.45. The van der Waals surface area contributed by atoms with Gasteiger partial charge in [-0.15, -0.1) is 0 Å². The number of halogens is 1. The number of aliphatic hydroxyl groups is 1. The van der Waals surface area contributed by atoms with Crippen molar-refractivity contribution in [3.05, 3.63) is 27.3 Å². The van der Waals surface area contributed by atoms with Gasteiger partial charge in [0.1, 0.15) is 0 Å². The van der Waals surface area contributed by atoms with Crippen LogP contribution in [-0.4, -0.2) is 23.8 Å². The molecule has 2 amide bonds. The van der Waals surface area contributed by atoms with E-state index in [-0.39, 0.29) is 6.03 Å².